The van der Waals surface area contributed by atoms with Crippen LogP contribution in [0.15, 0.2) is 42.5 Å². The third kappa shape index (κ3) is 4.88. The summed E-state index contributed by atoms with van der Waals surface area (Å²) in [6.45, 7) is 2.75. The van der Waals surface area contributed by atoms with Crippen LogP contribution in [0.5, 0.6) is 17.2 Å². The van der Waals surface area contributed by atoms with Crippen LogP contribution in [0.25, 0.3) is 23.5 Å². The lowest BCUT2D eigenvalue weighted by Crippen LogP contribution is -2.32. The van der Waals surface area contributed by atoms with Crippen molar-refractivity contribution < 1.29 is 14.6 Å². The zero-order valence-electron chi connectivity index (χ0n) is 18.0. The number of aromatic nitrogens is 3. The van der Waals surface area contributed by atoms with Gasteiger partial charge in [-0.3, -0.25) is 4.90 Å². The summed E-state index contributed by atoms with van der Waals surface area (Å²) in [5.74, 6) is 2.88. The molecule has 4 rings (SSSR count). The Bertz CT molecular complexity index is 1050. The molecule has 0 saturated carbocycles. The number of para-hydroxylation sites is 1. The smallest absolute Gasteiger partial charge is 0.174 e. The molecule has 1 N–H and O–H groups in total. The van der Waals surface area contributed by atoms with Crippen LogP contribution in [0.4, 0.5) is 0 Å². The summed E-state index contributed by atoms with van der Waals surface area (Å²) in [7, 11) is 3.26. The monoisotopic (exact) mass is 420 g/mol. The van der Waals surface area contributed by atoms with E-state index in [0.29, 0.717) is 29.6 Å². The first-order chi connectivity index (χ1) is 15.2. The number of rotatable bonds is 7. The molecule has 1 aromatic heterocycles. The van der Waals surface area contributed by atoms with Gasteiger partial charge in [0.05, 0.1) is 26.5 Å². The van der Waals surface area contributed by atoms with Gasteiger partial charge in [-0.05, 0) is 62.3 Å². The molecular formula is C24H28N4O3. The molecule has 31 heavy (non-hydrogen) atoms. The van der Waals surface area contributed by atoms with Crippen molar-refractivity contribution in [2.24, 2.45) is 0 Å². The average molecular weight is 421 g/mol. The van der Waals surface area contributed by atoms with Crippen molar-refractivity contribution in [3.63, 3.8) is 0 Å². The van der Waals surface area contributed by atoms with Crippen LogP contribution in [0.1, 0.15) is 30.7 Å². The normalized spacial score (nSPS) is 14.8. The Morgan fingerprint density at radius 1 is 1.00 bits per heavy atom. The van der Waals surface area contributed by atoms with Gasteiger partial charge in [-0.15, -0.1) is 5.10 Å². The first kappa shape index (κ1) is 20.9. The second-order valence-electron chi connectivity index (χ2n) is 7.57. The lowest BCUT2D eigenvalue weighted by atomic mass is 10.1. The maximum Gasteiger partial charge on any atom is 0.174 e. The van der Waals surface area contributed by atoms with Crippen molar-refractivity contribution in [1.82, 2.24) is 19.7 Å². The molecule has 1 aliphatic heterocycles. The number of nitrogens with zero attached hydrogens (tertiary/aromatic N) is 4. The molecular weight excluding hydrogens is 392 g/mol. The highest BCUT2D eigenvalue weighted by Gasteiger charge is 2.18. The maximum atomic E-state index is 10.4. The van der Waals surface area contributed by atoms with Crippen LogP contribution in [0.2, 0.25) is 0 Å². The van der Waals surface area contributed by atoms with Gasteiger partial charge in [-0.1, -0.05) is 18.6 Å². The van der Waals surface area contributed by atoms with Crippen LogP contribution in [0.3, 0.4) is 0 Å². The van der Waals surface area contributed by atoms with E-state index in [4.69, 9.17) is 19.6 Å². The van der Waals surface area contributed by atoms with E-state index >= 15 is 0 Å². The molecule has 2 aromatic carbocycles. The number of benzene rings is 2. The van der Waals surface area contributed by atoms with Gasteiger partial charge >= 0.3 is 0 Å². The highest BCUT2D eigenvalue weighted by Crippen LogP contribution is 2.29. The van der Waals surface area contributed by atoms with Gasteiger partial charge in [0.25, 0.3) is 0 Å². The number of aromatic hydroxyl groups is 1. The van der Waals surface area contributed by atoms with Crippen LogP contribution in [-0.4, -0.2) is 52.1 Å². The number of phenolic OH excluding ortho intramolecular Hbond substituents is 1. The summed E-state index contributed by atoms with van der Waals surface area (Å²) < 4.78 is 12.6. The van der Waals surface area contributed by atoms with Gasteiger partial charge in [0, 0.05) is 11.6 Å². The minimum absolute atomic E-state index is 0.196. The van der Waals surface area contributed by atoms with Crippen LogP contribution < -0.4 is 9.47 Å². The number of ether oxygens (including phenoxy) is 2. The molecule has 3 aromatic rings. The van der Waals surface area contributed by atoms with Gasteiger partial charge in [-0.25, -0.2) is 9.67 Å². The number of phenols is 1. The van der Waals surface area contributed by atoms with Gasteiger partial charge in [0.2, 0.25) is 0 Å². The molecule has 2 heterocycles. The molecule has 0 unspecified atom stereocenters. The SMILES string of the molecule is COc1ccc(/C=C/c2nc(-c3ccccc3O)n(CN3CCCCC3)n2)c(OC)c1. The molecule has 7 nitrogen and oxygen atoms in total. The van der Waals surface area contributed by atoms with Crippen molar-refractivity contribution in [3.05, 3.63) is 53.9 Å². The third-order valence-corrected chi connectivity index (χ3v) is 5.47. The second-order valence-corrected chi connectivity index (χ2v) is 7.57. The molecule has 0 spiro atoms. The molecule has 0 atom stereocenters. The number of hydrogen-bond donors (Lipinski definition) is 1. The van der Waals surface area contributed by atoms with E-state index in [1.807, 2.05) is 47.2 Å². The Balaban J connectivity index is 1.66. The minimum Gasteiger partial charge on any atom is -0.507 e. The Kier molecular flexibility index (Phi) is 6.52. The first-order valence-corrected chi connectivity index (χ1v) is 10.5. The summed E-state index contributed by atoms with van der Waals surface area (Å²) in [5, 5.41) is 15.1. The molecule has 7 heteroatoms. The van der Waals surface area contributed by atoms with Crippen molar-refractivity contribution in [1.29, 1.82) is 0 Å². The van der Waals surface area contributed by atoms with Crippen LogP contribution in [0, 0.1) is 0 Å². The van der Waals surface area contributed by atoms with E-state index < -0.39 is 0 Å². The first-order valence-electron chi connectivity index (χ1n) is 10.5. The summed E-state index contributed by atoms with van der Waals surface area (Å²) in [5.41, 5.74) is 1.58. The summed E-state index contributed by atoms with van der Waals surface area (Å²) >= 11 is 0. The third-order valence-electron chi connectivity index (χ3n) is 5.47. The number of likely N-dealkylation sites (tertiary alicyclic amines) is 1. The lowest BCUT2D eigenvalue weighted by Gasteiger charge is -2.26. The fraction of sp³-hybridized carbons (Fsp3) is 0.333. The average Bonchev–Trinajstić information content (AvgIpc) is 3.20. The molecule has 1 saturated heterocycles. The van der Waals surface area contributed by atoms with E-state index in [1.165, 1.54) is 19.3 Å². The van der Waals surface area contributed by atoms with E-state index in [-0.39, 0.29) is 5.75 Å². The molecule has 0 amide bonds. The molecule has 162 valence electrons. The van der Waals surface area contributed by atoms with Crippen molar-refractivity contribution in [3.8, 4) is 28.6 Å². The Hall–Kier alpha value is -3.32. The second kappa shape index (κ2) is 9.66. The quantitative estimate of drug-likeness (QED) is 0.615. The predicted octanol–water partition coefficient (Wildman–Crippen LogP) is 4.28. The topological polar surface area (TPSA) is 72.6 Å². The van der Waals surface area contributed by atoms with Crippen LogP contribution >= 0.6 is 0 Å². The Morgan fingerprint density at radius 3 is 2.55 bits per heavy atom. The zero-order chi connectivity index (χ0) is 21.6. The molecule has 1 aliphatic rings. The van der Waals surface area contributed by atoms with E-state index in [2.05, 4.69) is 4.90 Å². The fourth-order valence-electron chi connectivity index (χ4n) is 3.80. The van der Waals surface area contributed by atoms with Gasteiger partial charge in [0.15, 0.2) is 11.6 Å². The van der Waals surface area contributed by atoms with E-state index in [1.54, 1.807) is 26.4 Å². The Morgan fingerprint density at radius 2 is 1.81 bits per heavy atom. The Labute approximate surface area is 182 Å². The number of methoxy groups -OCH3 is 2. The summed E-state index contributed by atoms with van der Waals surface area (Å²) in [4.78, 5) is 7.10. The standard InChI is InChI=1S/C24H28N4O3/c1-30-19-12-10-18(22(16-19)31-2)11-13-23-25-24(20-8-4-5-9-21(20)29)28(26-23)17-27-14-6-3-7-15-27/h4-5,8-13,16,29H,3,6-7,14-15,17H2,1-2H3/b13-11+. The van der Waals surface area contributed by atoms with E-state index in [9.17, 15) is 5.11 Å². The summed E-state index contributed by atoms with van der Waals surface area (Å²) in [6.07, 6.45) is 7.46. The molecule has 0 aliphatic carbocycles. The van der Waals surface area contributed by atoms with Crippen molar-refractivity contribution in [2.75, 3.05) is 27.3 Å². The highest BCUT2D eigenvalue weighted by molar-refractivity contribution is 5.72. The van der Waals surface area contributed by atoms with Gasteiger partial charge in [0.1, 0.15) is 17.2 Å². The number of piperidine rings is 1. The minimum atomic E-state index is 0.196. The summed E-state index contributed by atoms with van der Waals surface area (Å²) in [6, 6.07) is 12.9. The maximum absolute atomic E-state index is 10.4. The van der Waals surface area contributed by atoms with Gasteiger partial charge in [-0.2, -0.15) is 0 Å². The molecule has 0 radical (unpaired) electrons. The van der Waals surface area contributed by atoms with Gasteiger partial charge < -0.3 is 14.6 Å². The largest absolute Gasteiger partial charge is 0.507 e. The molecule has 0 bridgehead atoms. The highest BCUT2D eigenvalue weighted by atomic mass is 16.5. The van der Waals surface area contributed by atoms with Crippen molar-refractivity contribution >= 4 is 12.2 Å². The van der Waals surface area contributed by atoms with Crippen molar-refractivity contribution in [2.45, 2.75) is 25.9 Å². The van der Waals surface area contributed by atoms with Crippen LogP contribution in [-0.2, 0) is 6.67 Å². The molecule has 1 fully saturated rings. The fourth-order valence-corrected chi connectivity index (χ4v) is 3.80. The lowest BCUT2D eigenvalue weighted by molar-refractivity contribution is 0.174. The zero-order valence-corrected chi connectivity index (χ0v) is 18.0. The van der Waals surface area contributed by atoms with E-state index in [0.717, 1.165) is 24.4 Å². The number of hydrogen-bond acceptors (Lipinski definition) is 6. The predicted molar refractivity (Wildman–Crippen MR) is 121 cm³/mol.